The van der Waals surface area contributed by atoms with Gasteiger partial charge in [-0.1, -0.05) is 6.07 Å². The van der Waals surface area contributed by atoms with Crippen LogP contribution < -0.4 is 4.72 Å². The van der Waals surface area contributed by atoms with Gasteiger partial charge in [-0.05, 0) is 36.8 Å². The molecule has 0 aliphatic carbocycles. The number of fused-ring (bicyclic) bond motifs is 1. The fraction of sp³-hybridized carbons (Fsp3) is 0.143. The molecule has 108 valence electrons. The van der Waals surface area contributed by atoms with E-state index in [0.717, 1.165) is 16.9 Å². The lowest BCUT2D eigenvalue weighted by Gasteiger charge is -2.06. The summed E-state index contributed by atoms with van der Waals surface area (Å²) < 4.78 is 27.1. The number of rotatable bonds is 4. The van der Waals surface area contributed by atoms with Gasteiger partial charge in [0.25, 0.3) is 0 Å². The Balaban J connectivity index is 1.85. The summed E-state index contributed by atoms with van der Waals surface area (Å²) in [5, 5.41) is 0. The van der Waals surface area contributed by atoms with Crippen molar-refractivity contribution in [1.29, 1.82) is 0 Å². The van der Waals surface area contributed by atoms with E-state index >= 15 is 0 Å². The maximum absolute atomic E-state index is 12.3. The van der Waals surface area contributed by atoms with Crippen LogP contribution in [-0.4, -0.2) is 23.4 Å². The minimum atomic E-state index is -3.57. The Labute approximate surface area is 122 Å². The van der Waals surface area contributed by atoms with Crippen molar-refractivity contribution in [2.24, 2.45) is 0 Å². The largest absolute Gasteiger partial charge is 0.342 e. The minimum Gasteiger partial charge on any atom is -0.342 e. The van der Waals surface area contributed by atoms with Crippen molar-refractivity contribution >= 4 is 21.1 Å². The SMILES string of the molecule is Cc1nc2ccc(S(=O)(=O)NCc3cccnc3)cc2[nH]1. The molecule has 0 atom stereocenters. The molecule has 6 nitrogen and oxygen atoms in total. The van der Waals surface area contributed by atoms with Gasteiger partial charge in [-0.3, -0.25) is 4.98 Å². The fourth-order valence-electron chi connectivity index (χ4n) is 2.05. The predicted octanol–water partition coefficient (Wildman–Crippen LogP) is 1.74. The van der Waals surface area contributed by atoms with Gasteiger partial charge < -0.3 is 4.98 Å². The average molecular weight is 302 g/mol. The second-order valence-electron chi connectivity index (χ2n) is 4.69. The number of aromatic amines is 1. The van der Waals surface area contributed by atoms with Gasteiger partial charge in [0, 0.05) is 18.9 Å². The zero-order valence-electron chi connectivity index (χ0n) is 11.4. The molecule has 0 saturated carbocycles. The van der Waals surface area contributed by atoms with E-state index in [4.69, 9.17) is 0 Å². The van der Waals surface area contributed by atoms with Crippen LogP contribution in [0.5, 0.6) is 0 Å². The Kier molecular flexibility index (Phi) is 3.44. The van der Waals surface area contributed by atoms with E-state index in [1.165, 1.54) is 0 Å². The molecule has 2 aromatic heterocycles. The summed E-state index contributed by atoms with van der Waals surface area (Å²) in [6.45, 7) is 2.03. The van der Waals surface area contributed by atoms with Gasteiger partial charge in [-0.2, -0.15) is 0 Å². The van der Waals surface area contributed by atoms with Gasteiger partial charge in [0.05, 0.1) is 15.9 Å². The predicted molar refractivity (Wildman–Crippen MR) is 79.1 cm³/mol. The Hall–Kier alpha value is -2.25. The van der Waals surface area contributed by atoms with Crippen LogP contribution in [0.25, 0.3) is 11.0 Å². The summed E-state index contributed by atoms with van der Waals surface area (Å²) in [5.74, 6) is 0.753. The number of hydrogen-bond donors (Lipinski definition) is 2. The number of pyridine rings is 1. The highest BCUT2D eigenvalue weighted by molar-refractivity contribution is 7.89. The number of H-pyrrole nitrogens is 1. The van der Waals surface area contributed by atoms with Crippen molar-refractivity contribution in [3.05, 3.63) is 54.1 Å². The van der Waals surface area contributed by atoms with Crippen LogP contribution in [0, 0.1) is 6.92 Å². The first-order valence-corrected chi connectivity index (χ1v) is 7.88. The van der Waals surface area contributed by atoms with E-state index in [9.17, 15) is 8.42 Å². The second kappa shape index (κ2) is 5.27. The van der Waals surface area contributed by atoms with Crippen LogP contribution in [0.2, 0.25) is 0 Å². The van der Waals surface area contributed by atoms with Crippen molar-refractivity contribution in [2.75, 3.05) is 0 Å². The highest BCUT2D eigenvalue weighted by atomic mass is 32.2. The van der Waals surface area contributed by atoms with Gasteiger partial charge in [0.15, 0.2) is 0 Å². The van der Waals surface area contributed by atoms with Gasteiger partial charge in [0.2, 0.25) is 10.0 Å². The summed E-state index contributed by atoms with van der Waals surface area (Å²) in [5.41, 5.74) is 2.26. The molecule has 0 unspecified atom stereocenters. The molecule has 21 heavy (non-hydrogen) atoms. The Bertz CT molecular complexity index is 872. The molecule has 1 aromatic carbocycles. The first-order chi connectivity index (χ1) is 10.0. The molecule has 0 saturated heterocycles. The summed E-state index contributed by atoms with van der Waals surface area (Å²) in [7, 11) is -3.57. The molecule has 2 N–H and O–H groups in total. The first kappa shape index (κ1) is 13.7. The number of nitrogens with zero attached hydrogens (tertiary/aromatic N) is 2. The number of hydrogen-bond acceptors (Lipinski definition) is 4. The summed E-state index contributed by atoms with van der Waals surface area (Å²) in [6.07, 6.45) is 3.27. The van der Waals surface area contributed by atoms with Crippen LogP contribution in [0.4, 0.5) is 0 Å². The molecule has 0 fully saturated rings. The third-order valence-electron chi connectivity index (χ3n) is 3.07. The molecule has 0 spiro atoms. The molecule has 0 radical (unpaired) electrons. The molecule has 0 aliphatic rings. The van der Waals surface area contributed by atoms with Gasteiger partial charge in [-0.25, -0.2) is 18.1 Å². The average Bonchev–Trinajstić information content (AvgIpc) is 2.85. The summed E-state index contributed by atoms with van der Waals surface area (Å²) >= 11 is 0. The van der Waals surface area contributed by atoms with Crippen molar-refractivity contribution in [1.82, 2.24) is 19.7 Å². The number of benzene rings is 1. The monoisotopic (exact) mass is 302 g/mol. The zero-order chi connectivity index (χ0) is 14.9. The molecule has 0 bridgehead atoms. The Morgan fingerprint density at radius 1 is 1.29 bits per heavy atom. The molecule has 2 heterocycles. The third kappa shape index (κ3) is 2.93. The number of imidazole rings is 1. The minimum absolute atomic E-state index is 0.205. The van der Waals surface area contributed by atoms with Crippen molar-refractivity contribution < 1.29 is 8.42 Å². The summed E-state index contributed by atoms with van der Waals surface area (Å²) in [4.78, 5) is 11.4. The maximum Gasteiger partial charge on any atom is 0.240 e. The van der Waals surface area contributed by atoms with Gasteiger partial charge in [-0.15, -0.1) is 0 Å². The molecule has 3 aromatic rings. The van der Waals surface area contributed by atoms with Crippen LogP contribution in [-0.2, 0) is 16.6 Å². The van der Waals surface area contributed by atoms with E-state index in [1.807, 2.05) is 13.0 Å². The van der Waals surface area contributed by atoms with Gasteiger partial charge >= 0.3 is 0 Å². The van der Waals surface area contributed by atoms with Crippen molar-refractivity contribution in [2.45, 2.75) is 18.4 Å². The summed E-state index contributed by atoms with van der Waals surface area (Å²) in [6, 6.07) is 8.41. The topological polar surface area (TPSA) is 87.7 Å². The number of nitrogens with one attached hydrogen (secondary N) is 2. The Morgan fingerprint density at radius 3 is 2.90 bits per heavy atom. The normalized spacial score (nSPS) is 11.9. The molecular formula is C14H14N4O2S. The van der Waals surface area contributed by atoms with E-state index in [1.54, 1.807) is 36.7 Å². The van der Waals surface area contributed by atoms with Crippen molar-refractivity contribution in [3.63, 3.8) is 0 Å². The van der Waals surface area contributed by atoms with E-state index in [2.05, 4.69) is 19.7 Å². The Morgan fingerprint density at radius 2 is 2.14 bits per heavy atom. The van der Waals surface area contributed by atoms with E-state index in [-0.39, 0.29) is 11.4 Å². The van der Waals surface area contributed by atoms with Crippen LogP contribution in [0.1, 0.15) is 11.4 Å². The molecule has 7 heteroatoms. The highest BCUT2D eigenvalue weighted by Crippen LogP contribution is 2.17. The molecule has 3 rings (SSSR count). The molecule has 0 amide bonds. The van der Waals surface area contributed by atoms with Crippen LogP contribution >= 0.6 is 0 Å². The first-order valence-electron chi connectivity index (χ1n) is 6.39. The number of aromatic nitrogens is 3. The lowest BCUT2D eigenvalue weighted by molar-refractivity contribution is 0.581. The zero-order valence-corrected chi connectivity index (χ0v) is 12.2. The number of sulfonamides is 1. The highest BCUT2D eigenvalue weighted by Gasteiger charge is 2.15. The van der Waals surface area contributed by atoms with Gasteiger partial charge in [0.1, 0.15) is 5.82 Å². The third-order valence-corrected chi connectivity index (χ3v) is 4.47. The quantitative estimate of drug-likeness (QED) is 0.768. The lowest BCUT2D eigenvalue weighted by atomic mass is 10.3. The van der Waals surface area contributed by atoms with Crippen LogP contribution in [0.3, 0.4) is 0 Å². The molecule has 0 aliphatic heterocycles. The smallest absolute Gasteiger partial charge is 0.240 e. The standard InChI is InChI=1S/C14H14N4O2S/c1-10-17-13-5-4-12(7-14(13)18-10)21(19,20)16-9-11-3-2-6-15-8-11/h2-8,16H,9H2,1H3,(H,17,18). The lowest BCUT2D eigenvalue weighted by Crippen LogP contribution is -2.23. The maximum atomic E-state index is 12.3. The van der Waals surface area contributed by atoms with Crippen LogP contribution in [0.15, 0.2) is 47.6 Å². The van der Waals surface area contributed by atoms with Crippen molar-refractivity contribution in [3.8, 4) is 0 Å². The molecular weight excluding hydrogens is 288 g/mol. The number of aryl methyl sites for hydroxylation is 1. The van der Waals surface area contributed by atoms with E-state index < -0.39 is 10.0 Å². The fourth-order valence-corrected chi connectivity index (χ4v) is 3.09. The second-order valence-corrected chi connectivity index (χ2v) is 6.45. The van der Waals surface area contributed by atoms with E-state index in [0.29, 0.717) is 5.52 Å².